The summed E-state index contributed by atoms with van der Waals surface area (Å²) in [5.41, 5.74) is 3.54. The fourth-order valence-electron chi connectivity index (χ4n) is 2.38. The van der Waals surface area contributed by atoms with Crippen LogP contribution in [0.15, 0.2) is 76.7 Å². The third-order valence-corrected chi connectivity index (χ3v) is 3.97. The predicted octanol–water partition coefficient (Wildman–Crippen LogP) is 3.73. The first-order chi connectivity index (χ1) is 12.4. The maximum atomic E-state index is 11.6. The molecule has 2 aromatic rings. The minimum absolute atomic E-state index is 0.0605. The second-order valence-electron chi connectivity index (χ2n) is 5.73. The van der Waals surface area contributed by atoms with E-state index in [1.807, 2.05) is 19.1 Å². The van der Waals surface area contributed by atoms with Crippen LogP contribution in [-0.4, -0.2) is 16.3 Å². The van der Waals surface area contributed by atoms with Gasteiger partial charge in [-0.05, 0) is 54.1 Å². The molecule has 0 spiro atoms. The van der Waals surface area contributed by atoms with Crippen molar-refractivity contribution >= 4 is 23.9 Å². The van der Waals surface area contributed by atoms with Crippen molar-refractivity contribution in [2.75, 3.05) is 0 Å². The molecule has 0 aliphatic heterocycles. The van der Waals surface area contributed by atoms with Gasteiger partial charge < -0.3 is 9.88 Å². The van der Waals surface area contributed by atoms with Crippen LogP contribution < -0.4 is 10.9 Å². The molecule has 2 rings (SSSR count). The summed E-state index contributed by atoms with van der Waals surface area (Å²) >= 11 is 5.95. The second-order valence-corrected chi connectivity index (χ2v) is 6.16. The summed E-state index contributed by atoms with van der Waals surface area (Å²) in [4.78, 5) is 19.7. The summed E-state index contributed by atoms with van der Waals surface area (Å²) < 4.78 is 1.53. The molecular weight excluding hydrogens is 348 g/mol. The molecule has 6 heteroatoms. The number of hydrogen-bond acceptors (Lipinski definition) is 4. The quantitative estimate of drug-likeness (QED) is 0.598. The van der Waals surface area contributed by atoms with Crippen LogP contribution in [0.1, 0.15) is 18.1 Å². The smallest absolute Gasteiger partial charge is 0.250 e. The van der Waals surface area contributed by atoms with Crippen LogP contribution in [0.25, 0.3) is 5.57 Å². The number of halogens is 1. The highest BCUT2D eigenvalue weighted by Gasteiger charge is 2.04. The minimum Gasteiger partial charge on any atom is -0.366 e. The second kappa shape index (κ2) is 8.97. The zero-order valence-corrected chi connectivity index (χ0v) is 15.6. The zero-order valence-electron chi connectivity index (χ0n) is 14.9. The maximum Gasteiger partial charge on any atom is 0.250 e. The number of hydrogen-bond donors (Lipinski definition) is 1. The fraction of sp³-hybridized carbons (Fsp3) is 0.150. The van der Waals surface area contributed by atoms with Gasteiger partial charge in [0.05, 0.1) is 5.02 Å². The highest BCUT2D eigenvalue weighted by molar-refractivity contribution is 6.30. The van der Waals surface area contributed by atoms with Crippen LogP contribution in [0.4, 0.5) is 0 Å². The van der Waals surface area contributed by atoms with Crippen LogP contribution in [-0.2, 0) is 13.6 Å². The Morgan fingerprint density at radius 1 is 1.42 bits per heavy atom. The average molecular weight is 369 g/mol. The van der Waals surface area contributed by atoms with Crippen molar-refractivity contribution in [3.05, 3.63) is 93.4 Å². The molecule has 0 saturated heterocycles. The number of nitrogens with one attached hydrogen (secondary N) is 1. The van der Waals surface area contributed by atoms with Gasteiger partial charge in [-0.1, -0.05) is 24.3 Å². The summed E-state index contributed by atoms with van der Waals surface area (Å²) in [7, 11) is 1.71. The topological polar surface area (TPSA) is 59.3 Å². The third-order valence-electron chi connectivity index (χ3n) is 3.76. The summed E-state index contributed by atoms with van der Waals surface area (Å²) in [6, 6.07) is 5.14. The number of aromatic nitrogens is 2. The molecule has 134 valence electrons. The zero-order chi connectivity index (χ0) is 19.1. The number of aryl methyl sites for hydroxylation is 1. The van der Waals surface area contributed by atoms with Gasteiger partial charge in [-0.2, -0.15) is 0 Å². The lowest BCUT2D eigenvalue weighted by Gasteiger charge is -2.10. The number of aliphatic imine (C=N–C) groups is 1. The lowest BCUT2D eigenvalue weighted by molar-refractivity contribution is 0.790. The van der Waals surface area contributed by atoms with Crippen molar-refractivity contribution in [1.82, 2.24) is 14.9 Å². The minimum atomic E-state index is -0.0605. The van der Waals surface area contributed by atoms with Gasteiger partial charge in [-0.15, -0.1) is 0 Å². The largest absolute Gasteiger partial charge is 0.366 e. The van der Waals surface area contributed by atoms with Crippen LogP contribution in [0.5, 0.6) is 0 Å². The molecule has 0 fully saturated rings. The Morgan fingerprint density at radius 3 is 2.81 bits per heavy atom. The number of nitrogens with zero attached hydrogens (tertiary/aromatic N) is 3. The molecule has 0 aliphatic rings. The van der Waals surface area contributed by atoms with Crippen LogP contribution in [0.3, 0.4) is 0 Å². The molecule has 26 heavy (non-hydrogen) atoms. The van der Waals surface area contributed by atoms with E-state index in [1.165, 1.54) is 10.6 Å². The van der Waals surface area contributed by atoms with Crippen molar-refractivity contribution in [3.8, 4) is 0 Å². The average Bonchev–Trinajstić information content (AvgIpc) is 2.62. The highest BCUT2D eigenvalue weighted by Crippen LogP contribution is 2.18. The van der Waals surface area contributed by atoms with E-state index in [1.54, 1.807) is 37.8 Å². The SMILES string of the molecule is C=C/C(=C\C(C)=C(\N=C)NCc1cncc(Cl)c1)c1ccc(=O)n(C)c1. The molecule has 0 bridgehead atoms. The Kier molecular flexibility index (Phi) is 6.69. The maximum absolute atomic E-state index is 11.6. The first-order valence-corrected chi connectivity index (χ1v) is 8.34. The van der Waals surface area contributed by atoms with E-state index in [-0.39, 0.29) is 5.56 Å². The van der Waals surface area contributed by atoms with E-state index in [9.17, 15) is 4.79 Å². The molecule has 0 radical (unpaired) electrons. The Labute approximate surface area is 158 Å². The van der Waals surface area contributed by atoms with Crippen LogP contribution >= 0.6 is 11.6 Å². The van der Waals surface area contributed by atoms with Gasteiger partial charge in [0.25, 0.3) is 0 Å². The molecule has 2 heterocycles. The van der Waals surface area contributed by atoms with Gasteiger partial charge in [0, 0.05) is 38.2 Å². The standard InChI is InChI=1S/C20H21ClN4O/c1-5-16(17-6-7-19(26)25(4)13-17)8-14(2)20(22-3)24-11-15-9-18(21)12-23-10-15/h5-10,12-13,24H,1,3,11H2,2,4H3/b16-8+,20-14-. The van der Waals surface area contributed by atoms with Gasteiger partial charge in [-0.25, -0.2) is 4.99 Å². The van der Waals surface area contributed by atoms with Crippen molar-refractivity contribution in [2.45, 2.75) is 13.5 Å². The highest BCUT2D eigenvalue weighted by atomic mass is 35.5. The number of pyridine rings is 2. The van der Waals surface area contributed by atoms with E-state index in [2.05, 4.69) is 28.6 Å². The first kappa shape index (κ1) is 19.4. The Morgan fingerprint density at radius 2 is 2.19 bits per heavy atom. The Hall–Kier alpha value is -2.92. The number of rotatable bonds is 7. The Balaban J connectivity index is 2.27. The van der Waals surface area contributed by atoms with E-state index >= 15 is 0 Å². The lowest BCUT2D eigenvalue weighted by atomic mass is 10.1. The van der Waals surface area contributed by atoms with Crippen molar-refractivity contribution in [2.24, 2.45) is 12.0 Å². The summed E-state index contributed by atoms with van der Waals surface area (Å²) in [6.45, 7) is 9.95. The number of allylic oxidation sites excluding steroid dienone is 4. The first-order valence-electron chi connectivity index (χ1n) is 7.96. The molecule has 0 aliphatic carbocycles. The molecule has 2 aromatic heterocycles. The fourth-order valence-corrected chi connectivity index (χ4v) is 2.58. The predicted molar refractivity (Wildman–Crippen MR) is 108 cm³/mol. The van der Waals surface area contributed by atoms with Gasteiger partial charge in [0.2, 0.25) is 5.56 Å². The van der Waals surface area contributed by atoms with E-state index in [0.717, 1.165) is 22.3 Å². The van der Waals surface area contributed by atoms with Gasteiger partial charge in [0.1, 0.15) is 5.82 Å². The summed E-state index contributed by atoms with van der Waals surface area (Å²) in [5.74, 6) is 0.647. The van der Waals surface area contributed by atoms with E-state index in [4.69, 9.17) is 11.6 Å². The summed E-state index contributed by atoms with van der Waals surface area (Å²) in [6.07, 6.45) is 8.79. The Bertz CT molecular complexity index is 941. The summed E-state index contributed by atoms with van der Waals surface area (Å²) in [5, 5.41) is 3.82. The van der Waals surface area contributed by atoms with Crippen LogP contribution in [0.2, 0.25) is 5.02 Å². The molecular formula is C20H21ClN4O. The molecule has 0 atom stereocenters. The van der Waals surface area contributed by atoms with E-state index in [0.29, 0.717) is 17.4 Å². The van der Waals surface area contributed by atoms with E-state index < -0.39 is 0 Å². The molecule has 1 N–H and O–H groups in total. The van der Waals surface area contributed by atoms with Crippen molar-refractivity contribution < 1.29 is 0 Å². The molecule has 5 nitrogen and oxygen atoms in total. The van der Waals surface area contributed by atoms with Crippen molar-refractivity contribution in [1.29, 1.82) is 0 Å². The van der Waals surface area contributed by atoms with Gasteiger partial charge >= 0.3 is 0 Å². The van der Waals surface area contributed by atoms with Crippen LogP contribution in [0, 0.1) is 0 Å². The van der Waals surface area contributed by atoms with Gasteiger partial charge in [0.15, 0.2) is 0 Å². The monoisotopic (exact) mass is 368 g/mol. The van der Waals surface area contributed by atoms with Gasteiger partial charge in [-0.3, -0.25) is 9.78 Å². The molecule has 0 amide bonds. The molecule has 0 unspecified atom stereocenters. The normalized spacial score (nSPS) is 12.3. The lowest BCUT2D eigenvalue weighted by Crippen LogP contribution is -2.14. The third kappa shape index (κ3) is 5.04. The molecule has 0 aromatic carbocycles. The van der Waals surface area contributed by atoms with Crippen molar-refractivity contribution in [3.63, 3.8) is 0 Å². The molecule has 0 saturated carbocycles.